The molecule has 5 rings (SSSR count). The van der Waals surface area contributed by atoms with Gasteiger partial charge in [-0.1, -0.05) is 48.5 Å². The standard InChI is InChI=1S/C25H22N8O2/c26-14-13-21(34)30-29-18-11-12-20-19(15-18)23(16-7-3-1-4-8-16)33-24(27-20)22(25(35)32-33)31-28-17-9-5-2-6-10-17/h1-10,23,27H,11-13,15H2,(H,30,34)(H,32,35). The molecule has 0 fully saturated rings. The summed E-state index contributed by atoms with van der Waals surface area (Å²) < 4.78 is 1.78. The van der Waals surface area contributed by atoms with Crippen molar-refractivity contribution in [1.29, 1.82) is 5.26 Å². The van der Waals surface area contributed by atoms with Crippen molar-refractivity contribution in [2.45, 2.75) is 31.7 Å². The Balaban J connectivity index is 1.53. The molecular weight excluding hydrogens is 444 g/mol. The number of hydrazone groups is 1. The van der Waals surface area contributed by atoms with E-state index in [9.17, 15) is 9.59 Å². The van der Waals surface area contributed by atoms with Crippen LogP contribution in [0.4, 0.5) is 17.2 Å². The third kappa shape index (κ3) is 4.52. The number of allylic oxidation sites excluding steroid dienone is 2. The van der Waals surface area contributed by atoms with Crippen LogP contribution in [0, 0.1) is 11.3 Å². The Labute approximate surface area is 200 Å². The summed E-state index contributed by atoms with van der Waals surface area (Å²) in [5, 5.41) is 27.8. The molecule has 1 aliphatic heterocycles. The number of aromatic amines is 1. The molecule has 1 atom stereocenters. The minimum Gasteiger partial charge on any atom is -0.342 e. The third-order valence-corrected chi connectivity index (χ3v) is 5.92. The highest BCUT2D eigenvalue weighted by Gasteiger charge is 2.35. The summed E-state index contributed by atoms with van der Waals surface area (Å²) >= 11 is 0. The van der Waals surface area contributed by atoms with Gasteiger partial charge < -0.3 is 5.32 Å². The van der Waals surface area contributed by atoms with Crippen LogP contribution in [0.25, 0.3) is 0 Å². The molecule has 1 aliphatic carbocycles. The number of azo groups is 1. The summed E-state index contributed by atoms with van der Waals surface area (Å²) in [4.78, 5) is 24.6. The van der Waals surface area contributed by atoms with E-state index in [0.29, 0.717) is 30.8 Å². The van der Waals surface area contributed by atoms with Crippen LogP contribution in [-0.2, 0) is 4.79 Å². The van der Waals surface area contributed by atoms with Gasteiger partial charge in [-0.25, -0.2) is 5.43 Å². The fourth-order valence-corrected chi connectivity index (χ4v) is 4.33. The number of carbonyl (C=O) groups excluding carboxylic acids is 1. The Hall–Kier alpha value is -4.78. The maximum atomic E-state index is 12.9. The van der Waals surface area contributed by atoms with Gasteiger partial charge >= 0.3 is 0 Å². The van der Waals surface area contributed by atoms with E-state index in [1.54, 1.807) is 4.68 Å². The third-order valence-electron chi connectivity index (χ3n) is 5.92. The normalized spacial score (nSPS) is 18.0. The molecule has 0 saturated carbocycles. The monoisotopic (exact) mass is 466 g/mol. The highest BCUT2D eigenvalue weighted by molar-refractivity contribution is 5.90. The fourth-order valence-electron chi connectivity index (χ4n) is 4.33. The molecule has 3 N–H and O–H groups in total. The van der Waals surface area contributed by atoms with Gasteiger partial charge in [0.1, 0.15) is 12.5 Å². The molecule has 2 heterocycles. The van der Waals surface area contributed by atoms with E-state index in [1.165, 1.54) is 0 Å². The second-order valence-corrected chi connectivity index (χ2v) is 8.21. The van der Waals surface area contributed by atoms with Crippen molar-refractivity contribution >= 4 is 28.8 Å². The zero-order valence-electron chi connectivity index (χ0n) is 18.7. The van der Waals surface area contributed by atoms with Gasteiger partial charge in [0.15, 0.2) is 11.5 Å². The topological polar surface area (TPSA) is 140 Å². The zero-order valence-corrected chi connectivity index (χ0v) is 18.7. The molecule has 0 bridgehead atoms. The van der Waals surface area contributed by atoms with Crippen molar-refractivity contribution in [2.75, 3.05) is 5.32 Å². The lowest BCUT2D eigenvalue weighted by molar-refractivity contribution is -0.120. The summed E-state index contributed by atoms with van der Waals surface area (Å²) in [5.74, 6) is 0.122. The first-order valence-corrected chi connectivity index (χ1v) is 11.2. The average Bonchev–Trinajstić information content (AvgIpc) is 3.20. The molecule has 1 aromatic heterocycles. The Bertz CT molecular complexity index is 1440. The number of nitriles is 1. The number of hydrogen-bond acceptors (Lipinski definition) is 7. The molecule has 2 aliphatic rings. The van der Waals surface area contributed by atoms with Gasteiger partial charge in [0.25, 0.3) is 11.5 Å². The molecule has 35 heavy (non-hydrogen) atoms. The van der Waals surface area contributed by atoms with E-state index in [2.05, 4.69) is 31.2 Å². The lowest BCUT2D eigenvalue weighted by Crippen LogP contribution is -2.30. The molecule has 2 aromatic carbocycles. The number of rotatable bonds is 5. The molecular formula is C25H22N8O2. The summed E-state index contributed by atoms with van der Waals surface area (Å²) in [6, 6.07) is 20.6. The second-order valence-electron chi connectivity index (χ2n) is 8.21. The SMILES string of the molecule is N#CCC(=O)NN=C1CCC2=C(C1)C(c1ccccc1)n1[nH]c(=O)c(N=Nc3ccccc3)c1N2. The van der Waals surface area contributed by atoms with Gasteiger partial charge in [-0.3, -0.25) is 19.4 Å². The van der Waals surface area contributed by atoms with Crippen molar-refractivity contribution in [3.8, 4) is 6.07 Å². The molecule has 0 spiro atoms. The number of nitrogens with zero attached hydrogens (tertiary/aromatic N) is 5. The van der Waals surface area contributed by atoms with Crippen LogP contribution < -0.4 is 16.3 Å². The highest BCUT2D eigenvalue weighted by atomic mass is 16.2. The maximum Gasteiger partial charge on any atom is 0.294 e. The number of benzene rings is 2. The first-order valence-electron chi connectivity index (χ1n) is 11.2. The number of fused-ring (bicyclic) bond motifs is 1. The minimum atomic E-state index is -0.438. The molecule has 3 aromatic rings. The van der Waals surface area contributed by atoms with Crippen LogP contribution in [0.5, 0.6) is 0 Å². The van der Waals surface area contributed by atoms with Crippen LogP contribution in [0.1, 0.15) is 37.3 Å². The first kappa shape index (κ1) is 22.0. The van der Waals surface area contributed by atoms with Crippen molar-refractivity contribution < 1.29 is 4.79 Å². The molecule has 10 nitrogen and oxygen atoms in total. The molecule has 0 radical (unpaired) electrons. The van der Waals surface area contributed by atoms with Gasteiger partial charge in [-0.2, -0.15) is 15.5 Å². The van der Waals surface area contributed by atoms with Gasteiger partial charge in [-0.15, -0.1) is 5.11 Å². The average molecular weight is 467 g/mol. The van der Waals surface area contributed by atoms with Crippen molar-refractivity contribution in [1.82, 2.24) is 15.2 Å². The summed E-state index contributed by atoms with van der Waals surface area (Å²) in [7, 11) is 0. The second kappa shape index (κ2) is 9.61. The number of H-pyrrole nitrogens is 1. The first-order chi connectivity index (χ1) is 17.1. The van der Waals surface area contributed by atoms with Crippen molar-refractivity contribution in [2.24, 2.45) is 15.3 Å². The highest BCUT2D eigenvalue weighted by Crippen LogP contribution is 2.43. The van der Waals surface area contributed by atoms with Crippen LogP contribution in [0.3, 0.4) is 0 Å². The Morgan fingerprint density at radius 3 is 2.57 bits per heavy atom. The largest absolute Gasteiger partial charge is 0.342 e. The fraction of sp³-hybridized carbons (Fsp3) is 0.200. The lowest BCUT2D eigenvalue weighted by Gasteiger charge is -2.35. The lowest BCUT2D eigenvalue weighted by atomic mass is 9.85. The molecule has 0 saturated heterocycles. The van der Waals surface area contributed by atoms with Crippen molar-refractivity contribution in [3.63, 3.8) is 0 Å². The molecule has 1 unspecified atom stereocenters. The number of amides is 1. The number of hydrogen-bond donors (Lipinski definition) is 3. The molecule has 174 valence electrons. The van der Waals surface area contributed by atoms with E-state index in [1.807, 2.05) is 66.7 Å². The summed E-state index contributed by atoms with van der Waals surface area (Å²) in [6.07, 6.45) is 1.55. The van der Waals surface area contributed by atoms with E-state index >= 15 is 0 Å². The van der Waals surface area contributed by atoms with E-state index in [4.69, 9.17) is 5.26 Å². The Morgan fingerprint density at radius 2 is 1.83 bits per heavy atom. The zero-order chi connectivity index (χ0) is 24.2. The quantitative estimate of drug-likeness (QED) is 0.378. The van der Waals surface area contributed by atoms with Crippen LogP contribution >= 0.6 is 0 Å². The van der Waals surface area contributed by atoms with Gasteiger partial charge in [0.2, 0.25) is 0 Å². The number of carbonyl (C=O) groups is 1. The number of aromatic nitrogens is 2. The van der Waals surface area contributed by atoms with Gasteiger partial charge in [0.05, 0.1) is 11.8 Å². The van der Waals surface area contributed by atoms with E-state index < -0.39 is 5.91 Å². The predicted octanol–water partition coefficient (Wildman–Crippen LogP) is 4.43. The predicted molar refractivity (Wildman–Crippen MR) is 131 cm³/mol. The van der Waals surface area contributed by atoms with Crippen LogP contribution in [0.2, 0.25) is 0 Å². The summed E-state index contributed by atoms with van der Waals surface area (Å²) in [6.45, 7) is 0. The van der Waals surface area contributed by atoms with E-state index in [0.717, 1.165) is 22.5 Å². The molecule has 1 amide bonds. The Kier molecular flexibility index (Phi) is 6.05. The van der Waals surface area contributed by atoms with Crippen LogP contribution in [0.15, 0.2) is 92.1 Å². The summed E-state index contributed by atoms with van der Waals surface area (Å²) in [5.41, 5.74) is 6.82. The molecule has 10 heteroatoms. The smallest absolute Gasteiger partial charge is 0.294 e. The number of nitrogens with one attached hydrogen (secondary N) is 3. The van der Waals surface area contributed by atoms with Crippen molar-refractivity contribution in [3.05, 3.63) is 87.9 Å². The maximum absolute atomic E-state index is 12.9. The van der Waals surface area contributed by atoms with Gasteiger partial charge in [0, 0.05) is 17.8 Å². The van der Waals surface area contributed by atoms with Gasteiger partial charge in [-0.05, 0) is 36.1 Å². The minimum absolute atomic E-state index is 0.213. The number of anilines is 1. The van der Waals surface area contributed by atoms with E-state index in [-0.39, 0.29) is 23.7 Å². The van der Waals surface area contributed by atoms with Crippen LogP contribution in [-0.4, -0.2) is 21.4 Å². The Morgan fingerprint density at radius 1 is 1.09 bits per heavy atom.